The third-order valence-corrected chi connectivity index (χ3v) is 2.92. The molecule has 0 spiro atoms. The molecule has 1 atom stereocenters. The maximum atomic E-state index is 12.0. The number of nitrogens with zero attached hydrogens (tertiary/aromatic N) is 1. The molecule has 2 rings (SSSR count). The summed E-state index contributed by atoms with van der Waals surface area (Å²) in [6.45, 7) is 1.77. The predicted octanol–water partition coefficient (Wildman–Crippen LogP) is 0.0535. The molecule has 2 saturated heterocycles. The minimum atomic E-state index is -2.27. The van der Waals surface area contributed by atoms with Crippen molar-refractivity contribution in [2.45, 2.75) is 24.8 Å². The fraction of sp³-hybridized carbons (Fsp3) is 0.600. The summed E-state index contributed by atoms with van der Waals surface area (Å²) in [7, 11) is 0. The zero-order valence-corrected chi connectivity index (χ0v) is 7.88. The summed E-state index contributed by atoms with van der Waals surface area (Å²) in [6.07, 6.45) is 3.28. The average molecular weight is 197 g/mol. The van der Waals surface area contributed by atoms with Gasteiger partial charge in [-0.25, -0.2) is 0 Å². The van der Waals surface area contributed by atoms with Crippen LogP contribution in [0.25, 0.3) is 0 Å². The van der Waals surface area contributed by atoms with E-state index in [2.05, 4.69) is 11.9 Å². The molecule has 2 fully saturated rings. The number of carbonyl (C=O) groups is 2. The van der Waals surface area contributed by atoms with Crippen LogP contribution in [0, 0.1) is 0 Å². The fourth-order valence-electron chi connectivity index (χ4n) is 2.25. The molecule has 0 aromatic heterocycles. The molecule has 1 N–H and O–H groups in total. The van der Waals surface area contributed by atoms with Gasteiger partial charge in [0.2, 0.25) is 11.8 Å². The van der Waals surface area contributed by atoms with E-state index in [1.54, 1.807) is 6.08 Å². The molecule has 2 aliphatic rings. The van der Waals surface area contributed by atoms with Gasteiger partial charge in [0.1, 0.15) is 5.54 Å². The third-order valence-electron chi connectivity index (χ3n) is 2.92. The molecule has 2 amide bonds. The summed E-state index contributed by atoms with van der Waals surface area (Å²) in [5, 5.41) is 2.16. The number of hydrogen-bond acceptors (Lipinski definition) is 2. The van der Waals surface area contributed by atoms with E-state index in [0.717, 1.165) is 6.42 Å². The topological polar surface area (TPSA) is 49.4 Å². The first-order valence-corrected chi connectivity index (χ1v) is 4.70. The summed E-state index contributed by atoms with van der Waals surface area (Å²) in [5.74, 6) is -1.05. The Labute approximate surface area is 85.8 Å². The summed E-state index contributed by atoms with van der Waals surface area (Å²) in [4.78, 5) is 25.2. The highest BCUT2D eigenvalue weighted by molar-refractivity contribution is 5.98. The lowest BCUT2D eigenvalue weighted by Crippen LogP contribution is -2.64. The molecule has 0 aromatic rings. The number of amides is 2. The maximum Gasteiger partial charge on any atom is 0.246 e. The summed E-state index contributed by atoms with van der Waals surface area (Å²) in [6, 6.07) is 0. The van der Waals surface area contributed by atoms with Gasteiger partial charge >= 0.3 is 0 Å². The molecule has 0 bridgehead atoms. The molecule has 14 heavy (non-hydrogen) atoms. The largest absolute Gasteiger partial charge is 0.345 e. The van der Waals surface area contributed by atoms with E-state index in [9.17, 15) is 9.59 Å². The van der Waals surface area contributed by atoms with Gasteiger partial charge in [0.25, 0.3) is 0 Å². The monoisotopic (exact) mass is 197 g/mol. The zero-order chi connectivity index (χ0) is 12.0. The van der Waals surface area contributed by atoms with E-state index in [1.165, 1.54) is 4.90 Å². The summed E-state index contributed by atoms with van der Waals surface area (Å²) < 4.78 is 14.9. The number of carbonyl (C=O) groups excluding carboxylic acids is 2. The van der Waals surface area contributed by atoms with E-state index < -0.39 is 23.9 Å². The van der Waals surface area contributed by atoms with Crippen LogP contribution in [0.1, 0.15) is 22.0 Å². The Hall–Kier alpha value is -1.32. The molecule has 4 nitrogen and oxygen atoms in total. The quantitative estimate of drug-likeness (QED) is 0.502. The molecule has 2 heterocycles. The van der Waals surface area contributed by atoms with Crippen LogP contribution >= 0.6 is 0 Å². The van der Waals surface area contributed by atoms with Gasteiger partial charge in [0, 0.05) is 6.54 Å². The van der Waals surface area contributed by atoms with Gasteiger partial charge in [-0.15, -0.1) is 6.58 Å². The minimum Gasteiger partial charge on any atom is -0.345 e. The van der Waals surface area contributed by atoms with Crippen LogP contribution < -0.4 is 5.32 Å². The number of hydrogen-bond donors (Lipinski definition) is 1. The molecular weight excluding hydrogens is 181 g/mol. The van der Waals surface area contributed by atoms with Gasteiger partial charge in [-0.05, 0) is 19.3 Å². The lowest BCUT2D eigenvalue weighted by atomic mass is 9.90. The van der Waals surface area contributed by atoms with Gasteiger partial charge in [-0.2, -0.15) is 0 Å². The second-order valence-electron chi connectivity index (χ2n) is 3.66. The predicted molar refractivity (Wildman–Crippen MR) is 51.5 cm³/mol. The zero-order valence-electron chi connectivity index (χ0n) is 9.88. The molecule has 0 aromatic carbocycles. The Balaban J connectivity index is 2.41. The lowest BCUT2D eigenvalue weighted by molar-refractivity contribution is -0.150. The van der Waals surface area contributed by atoms with Crippen molar-refractivity contribution in [2.24, 2.45) is 0 Å². The number of nitrogens with one attached hydrogen (secondary N) is 1. The normalized spacial score (nSPS) is 37.0. The molecule has 4 heteroatoms. The van der Waals surface area contributed by atoms with Crippen molar-refractivity contribution in [3.63, 3.8) is 0 Å². The summed E-state index contributed by atoms with van der Waals surface area (Å²) in [5.41, 5.74) is -0.898. The second-order valence-corrected chi connectivity index (χ2v) is 3.66. The molecule has 2 aliphatic heterocycles. The molecule has 0 saturated carbocycles. The van der Waals surface area contributed by atoms with Crippen LogP contribution in [-0.4, -0.2) is 35.3 Å². The van der Waals surface area contributed by atoms with Gasteiger partial charge in [-0.1, -0.05) is 6.08 Å². The van der Waals surface area contributed by atoms with Crippen molar-refractivity contribution >= 4 is 11.8 Å². The van der Waals surface area contributed by atoms with Crippen molar-refractivity contribution < 1.29 is 12.3 Å². The first-order valence-electron chi connectivity index (χ1n) is 5.70. The van der Waals surface area contributed by atoms with E-state index >= 15 is 0 Å². The van der Waals surface area contributed by atoms with Crippen molar-refractivity contribution in [3.8, 4) is 0 Å². The van der Waals surface area contributed by atoms with Crippen molar-refractivity contribution in [2.75, 3.05) is 13.0 Å². The van der Waals surface area contributed by atoms with Crippen molar-refractivity contribution in [1.29, 1.82) is 0 Å². The molecule has 0 unspecified atom stereocenters. The molecular formula is C10H14N2O2. The summed E-state index contributed by atoms with van der Waals surface area (Å²) >= 11 is 0. The Morgan fingerprint density at radius 3 is 3.21 bits per heavy atom. The maximum absolute atomic E-state index is 12.0. The van der Waals surface area contributed by atoms with Crippen molar-refractivity contribution in [1.82, 2.24) is 10.2 Å². The van der Waals surface area contributed by atoms with Crippen LogP contribution in [0.4, 0.5) is 0 Å². The first-order chi connectivity index (χ1) is 7.44. The smallest absolute Gasteiger partial charge is 0.246 e. The van der Waals surface area contributed by atoms with E-state index in [0.29, 0.717) is 19.4 Å². The molecule has 76 valence electrons. The Morgan fingerprint density at radius 1 is 1.71 bits per heavy atom. The SMILES string of the molecule is [2H]C1([2H])[15NH]C(=O)[C@]2(CC=C)CCCN2C1=O. The number of piperazine rings is 1. The Morgan fingerprint density at radius 2 is 2.50 bits per heavy atom. The standard InChI is InChI=1S/C10H14N2O2/c1-2-4-10-5-3-6-12(10)8(13)7-11-9(10)14/h2H,1,3-7H2,(H,11,14)/t10-/m0/s1/i7D2,11+1. The lowest BCUT2D eigenvalue weighted by Gasteiger charge is -2.40. The number of fused-ring (bicyclic) bond motifs is 1. The highest BCUT2D eigenvalue weighted by atomic mass is 16.2. The van der Waals surface area contributed by atoms with E-state index in [-0.39, 0.29) is 0 Å². The molecule has 0 radical (unpaired) electrons. The van der Waals surface area contributed by atoms with Crippen LogP contribution in [0.5, 0.6) is 0 Å². The minimum absolute atomic E-state index is 0.376. The van der Waals surface area contributed by atoms with Gasteiger partial charge in [0.05, 0.1) is 9.24 Å². The molecule has 0 aliphatic carbocycles. The van der Waals surface area contributed by atoms with Crippen LogP contribution in [0.2, 0.25) is 0 Å². The first kappa shape index (κ1) is 7.04. The van der Waals surface area contributed by atoms with Gasteiger partial charge in [-0.3, -0.25) is 9.59 Å². The third kappa shape index (κ3) is 1.06. The Kier molecular flexibility index (Phi) is 1.57. The van der Waals surface area contributed by atoms with Crippen LogP contribution in [-0.2, 0) is 9.59 Å². The second kappa shape index (κ2) is 3.12. The van der Waals surface area contributed by atoms with Crippen LogP contribution in [0.15, 0.2) is 12.7 Å². The number of rotatable bonds is 2. The van der Waals surface area contributed by atoms with Crippen LogP contribution in [0.3, 0.4) is 0 Å². The average Bonchev–Trinajstić information content (AvgIpc) is 2.60. The van der Waals surface area contributed by atoms with Gasteiger partial charge in [0.15, 0.2) is 0 Å². The van der Waals surface area contributed by atoms with Gasteiger partial charge < -0.3 is 10.2 Å². The Bertz CT molecular complexity index is 370. The van der Waals surface area contributed by atoms with E-state index in [1.807, 2.05) is 0 Å². The van der Waals surface area contributed by atoms with Crippen molar-refractivity contribution in [3.05, 3.63) is 12.7 Å². The highest BCUT2D eigenvalue weighted by Crippen LogP contribution is 2.34. The fourth-order valence-corrected chi connectivity index (χ4v) is 2.25. The van der Waals surface area contributed by atoms with E-state index in [4.69, 9.17) is 2.74 Å². The highest BCUT2D eigenvalue weighted by Gasteiger charge is 2.51.